The van der Waals surface area contributed by atoms with E-state index in [-0.39, 0.29) is 23.3 Å². The molecule has 0 radical (unpaired) electrons. The zero-order valence-electron chi connectivity index (χ0n) is 5.55. The van der Waals surface area contributed by atoms with Gasteiger partial charge in [0.05, 0.1) is 11.5 Å². The second kappa shape index (κ2) is 2.15. The average molecular weight is 213 g/mol. The lowest BCUT2D eigenvalue weighted by molar-refractivity contribution is 0.513. The maximum absolute atomic E-state index is 11.0. The van der Waals surface area contributed by atoms with Crippen LogP contribution in [0.15, 0.2) is 10.1 Å². The summed E-state index contributed by atoms with van der Waals surface area (Å²) in [6, 6.07) is 0. The Hall–Kier alpha value is 0.270. The molecule has 2 atom stereocenters. The SMILES string of the molecule is O=S1(=O)CC2C(Cl)=C(Cl)C2C1. The largest absolute Gasteiger partial charge is 0.229 e. The molecule has 62 valence electrons. The quantitative estimate of drug-likeness (QED) is 0.608. The third-order valence-corrected chi connectivity index (χ3v) is 5.03. The number of hydrogen-bond donors (Lipinski definition) is 0. The van der Waals surface area contributed by atoms with E-state index in [0.717, 1.165) is 0 Å². The highest BCUT2D eigenvalue weighted by Crippen LogP contribution is 2.50. The Bertz CT molecular complexity index is 304. The second-order valence-electron chi connectivity index (χ2n) is 2.99. The molecule has 2 unspecified atom stereocenters. The summed E-state index contributed by atoms with van der Waals surface area (Å²) in [6.07, 6.45) is 0. The minimum Gasteiger partial charge on any atom is -0.229 e. The van der Waals surface area contributed by atoms with E-state index in [9.17, 15) is 8.42 Å². The van der Waals surface area contributed by atoms with Crippen LogP contribution in [0, 0.1) is 11.8 Å². The van der Waals surface area contributed by atoms with Gasteiger partial charge in [-0.25, -0.2) is 8.42 Å². The van der Waals surface area contributed by atoms with Crippen molar-refractivity contribution in [3.8, 4) is 0 Å². The van der Waals surface area contributed by atoms with Crippen LogP contribution in [0.1, 0.15) is 0 Å². The summed E-state index contributed by atoms with van der Waals surface area (Å²) in [5, 5.41) is 1.11. The first kappa shape index (κ1) is 7.90. The van der Waals surface area contributed by atoms with Gasteiger partial charge in [0.25, 0.3) is 0 Å². The maximum atomic E-state index is 11.0. The van der Waals surface area contributed by atoms with E-state index in [1.807, 2.05) is 0 Å². The van der Waals surface area contributed by atoms with Gasteiger partial charge in [0.2, 0.25) is 0 Å². The molecule has 1 aliphatic heterocycles. The van der Waals surface area contributed by atoms with Crippen molar-refractivity contribution in [2.75, 3.05) is 11.5 Å². The Morgan fingerprint density at radius 2 is 1.45 bits per heavy atom. The lowest BCUT2D eigenvalue weighted by Gasteiger charge is -2.28. The highest BCUT2D eigenvalue weighted by molar-refractivity contribution is 7.91. The molecular weight excluding hydrogens is 207 g/mol. The average Bonchev–Trinajstić information content (AvgIpc) is 2.23. The van der Waals surface area contributed by atoms with Gasteiger partial charge in [-0.15, -0.1) is 0 Å². The van der Waals surface area contributed by atoms with E-state index in [4.69, 9.17) is 23.2 Å². The number of hydrogen-bond acceptors (Lipinski definition) is 2. The lowest BCUT2D eigenvalue weighted by Crippen LogP contribution is -2.24. The molecule has 1 aliphatic carbocycles. The van der Waals surface area contributed by atoms with E-state index < -0.39 is 9.84 Å². The third kappa shape index (κ3) is 1.02. The first-order chi connectivity index (χ1) is 5.01. The summed E-state index contributed by atoms with van der Waals surface area (Å²) in [5.74, 6) is 0.391. The molecule has 0 aromatic rings. The molecule has 1 heterocycles. The number of fused-ring (bicyclic) bond motifs is 1. The Labute approximate surface area is 75.1 Å². The van der Waals surface area contributed by atoms with Crippen molar-refractivity contribution < 1.29 is 8.42 Å². The molecule has 0 spiro atoms. The summed E-state index contributed by atoms with van der Waals surface area (Å²) in [7, 11) is -2.86. The fourth-order valence-electron chi connectivity index (χ4n) is 1.61. The van der Waals surface area contributed by atoms with E-state index in [2.05, 4.69) is 0 Å². The van der Waals surface area contributed by atoms with Crippen molar-refractivity contribution in [2.45, 2.75) is 0 Å². The highest BCUT2D eigenvalue weighted by Gasteiger charge is 2.48. The van der Waals surface area contributed by atoms with Gasteiger partial charge in [-0.1, -0.05) is 23.2 Å². The first-order valence-corrected chi connectivity index (χ1v) is 5.84. The van der Waals surface area contributed by atoms with E-state index in [0.29, 0.717) is 10.1 Å². The van der Waals surface area contributed by atoms with Crippen LogP contribution in [0.5, 0.6) is 0 Å². The molecule has 11 heavy (non-hydrogen) atoms. The number of halogens is 2. The lowest BCUT2D eigenvalue weighted by atomic mass is 9.85. The van der Waals surface area contributed by atoms with Gasteiger partial charge in [-0.3, -0.25) is 0 Å². The first-order valence-electron chi connectivity index (χ1n) is 3.27. The molecular formula is C6H6Cl2O2S. The molecule has 2 rings (SSSR count). The van der Waals surface area contributed by atoms with E-state index in [1.54, 1.807) is 0 Å². The maximum Gasteiger partial charge on any atom is 0.151 e. The molecule has 1 saturated heterocycles. The van der Waals surface area contributed by atoms with Crippen molar-refractivity contribution in [3.63, 3.8) is 0 Å². The zero-order valence-corrected chi connectivity index (χ0v) is 7.88. The summed E-state index contributed by atoms with van der Waals surface area (Å²) < 4.78 is 22.1. The highest BCUT2D eigenvalue weighted by atomic mass is 35.5. The van der Waals surface area contributed by atoms with E-state index >= 15 is 0 Å². The Balaban J connectivity index is 2.33. The van der Waals surface area contributed by atoms with Crippen LogP contribution in [-0.2, 0) is 9.84 Å². The van der Waals surface area contributed by atoms with Gasteiger partial charge >= 0.3 is 0 Å². The normalized spacial score (nSPS) is 40.2. The molecule has 1 fully saturated rings. The summed E-state index contributed by atoms with van der Waals surface area (Å²) in [5.41, 5.74) is 0. The summed E-state index contributed by atoms with van der Waals surface area (Å²) in [4.78, 5) is 0. The molecule has 2 nitrogen and oxygen atoms in total. The van der Waals surface area contributed by atoms with E-state index in [1.165, 1.54) is 0 Å². The topological polar surface area (TPSA) is 34.1 Å². The Morgan fingerprint density at radius 1 is 1.09 bits per heavy atom. The monoisotopic (exact) mass is 212 g/mol. The van der Waals surface area contributed by atoms with Crippen LogP contribution < -0.4 is 0 Å². The standard InChI is InChI=1S/C6H6Cl2O2S/c7-5-3-1-11(9,10)2-4(3)6(5)8/h3-4H,1-2H2. The van der Waals surface area contributed by atoms with Crippen LogP contribution in [-0.4, -0.2) is 19.9 Å². The summed E-state index contributed by atoms with van der Waals surface area (Å²) >= 11 is 11.4. The predicted octanol–water partition coefficient (Wildman–Crippen LogP) is 1.35. The number of allylic oxidation sites excluding steroid dienone is 2. The summed E-state index contributed by atoms with van der Waals surface area (Å²) in [6.45, 7) is 0. The predicted molar refractivity (Wildman–Crippen MR) is 44.4 cm³/mol. The van der Waals surface area contributed by atoms with Crippen molar-refractivity contribution >= 4 is 33.0 Å². The van der Waals surface area contributed by atoms with Crippen molar-refractivity contribution in [3.05, 3.63) is 10.1 Å². The van der Waals surface area contributed by atoms with Crippen LogP contribution in [0.4, 0.5) is 0 Å². The molecule has 2 aliphatic rings. The zero-order chi connectivity index (χ0) is 8.22. The molecule has 0 amide bonds. The Morgan fingerprint density at radius 3 is 1.82 bits per heavy atom. The van der Waals surface area contributed by atoms with Gasteiger partial charge in [0.15, 0.2) is 9.84 Å². The third-order valence-electron chi connectivity index (χ3n) is 2.23. The van der Waals surface area contributed by atoms with Crippen molar-refractivity contribution in [2.24, 2.45) is 11.8 Å². The number of rotatable bonds is 0. The van der Waals surface area contributed by atoms with Gasteiger partial charge in [0, 0.05) is 21.9 Å². The second-order valence-corrected chi connectivity index (χ2v) is 5.95. The minimum atomic E-state index is -2.86. The molecule has 0 aromatic heterocycles. The van der Waals surface area contributed by atoms with Crippen LogP contribution in [0.2, 0.25) is 0 Å². The van der Waals surface area contributed by atoms with Gasteiger partial charge in [-0.2, -0.15) is 0 Å². The van der Waals surface area contributed by atoms with Crippen LogP contribution in [0.3, 0.4) is 0 Å². The van der Waals surface area contributed by atoms with Gasteiger partial charge < -0.3 is 0 Å². The van der Waals surface area contributed by atoms with Gasteiger partial charge in [-0.05, 0) is 0 Å². The number of sulfone groups is 1. The smallest absolute Gasteiger partial charge is 0.151 e. The molecule has 0 N–H and O–H groups in total. The molecule has 5 heteroatoms. The van der Waals surface area contributed by atoms with Crippen molar-refractivity contribution in [1.29, 1.82) is 0 Å². The Kier molecular flexibility index (Phi) is 1.54. The van der Waals surface area contributed by atoms with Crippen LogP contribution >= 0.6 is 23.2 Å². The van der Waals surface area contributed by atoms with Crippen LogP contribution in [0.25, 0.3) is 0 Å². The molecule has 0 saturated carbocycles. The minimum absolute atomic E-state index is 0.00849. The van der Waals surface area contributed by atoms with Gasteiger partial charge in [0.1, 0.15) is 0 Å². The fraction of sp³-hybridized carbons (Fsp3) is 0.667. The fourth-order valence-corrected chi connectivity index (χ4v) is 4.56. The van der Waals surface area contributed by atoms with Crippen molar-refractivity contribution in [1.82, 2.24) is 0 Å². The molecule has 0 aromatic carbocycles. The molecule has 0 bridgehead atoms.